The summed E-state index contributed by atoms with van der Waals surface area (Å²) in [4.78, 5) is 3.67. The van der Waals surface area contributed by atoms with Crippen LogP contribution in [0.4, 0.5) is 0 Å². The third-order valence-corrected chi connectivity index (χ3v) is 6.76. The number of nitrogens with zero attached hydrogens (tertiary/aromatic N) is 2. The fourth-order valence-corrected chi connectivity index (χ4v) is 4.64. The van der Waals surface area contributed by atoms with E-state index in [1.165, 1.54) is 0 Å². The van der Waals surface area contributed by atoms with E-state index in [9.17, 15) is 40.9 Å². The highest BCUT2D eigenvalue weighted by Crippen LogP contribution is 2.24. The lowest BCUT2D eigenvalue weighted by molar-refractivity contribution is -0.266. The van der Waals surface area contributed by atoms with E-state index < -0.39 is 74.5 Å². The Kier molecular flexibility index (Phi) is 10.8. The predicted octanol–water partition coefficient (Wildman–Crippen LogP) is -6.62. The van der Waals surface area contributed by atoms with Gasteiger partial charge in [0.1, 0.15) is 61.3 Å². The fourth-order valence-electron chi connectivity index (χ4n) is 4.64. The van der Waals surface area contributed by atoms with Crippen LogP contribution in [0.1, 0.15) is 0 Å². The van der Waals surface area contributed by atoms with Gasteiger partial charge in [-0.2, -0.15) is 0 Å². The monoisotopic (exact) mass is 496 g/mol. The third-order valence-electron chi connectivity index (χ3n) is 6.76. The summed E-state index contributed by atoms with van der Waals surface area (Å²) < 4.78 is 11.4. The first-order valence-electron chi connectivity index (χ1n) is 11.8. The molecule has 3 fully saturated rings. The van der Waals surface area contributed by atoms with Gasteiger partial charge in [-0.3, -0.25) is 9.80 Å². The number of aliphatic hydroxyl groups excluding tert-OH is 8. The van der Waals surface area contributed by atoms with Gasteiger partial charge in [-0.15, -0.1) is 0 Å². The second-order valence-electron chi connectivity index (χ2n) is 9.01. The Morgan fingerprint density at radius 3 is 1.15 bits per heavy atom. The van der Waals surface area contributed by atoms with E-state index in [4.69, 9.17) is 9.47 Å². The molecule has 3 saturated heterocycles. The lowest BCUT2D eigenvalue weighted by atomic mass is 9.97. The molecule has 0 spiro atoms. The van der Waals surface area contributed by atoms with Crippen LogP contribution >= 0.6 is 0 Å². The lowest BCUT2D eigenvalue weighted by Gasteiger charge is -2.45. The van der Waals surface area contributed by atoms with Crippen molar-refractivity contribution < 1.29 is 50.3 Å². The molecule has 0 aromatic heterocycles. The van der Waals surface area contributed by atoms with E-state index in [0.717, 1.165) is 0 Å². The maximum Gasteiger partial charge on any atom is 0.140 e. The van der Waals surface area contributed by atoms with E-state index in [-0.39, 0.29) is 0 Å². The Morgan fingerprint density at radius 1 is 0.529 bits per heavy atom. The second kappa shape index (κ2) is 13.1. The first-order valence-corrected chi connectivity index (χ1v) is 11.8. The number of hydrogen-bond acceptors (Lipinski definition) is 14. The first-order chi connectivity index (χ1) is 16.3. The molecule has 0 aliphatic carbocycles. The average molecular weight is 497 g/mol. The minimum atomic E-state index is -1.44. The zero-order chi connectivity index (χ0) is 24.8. The van der Waals surface area contributed by atoms with Crippen molar-refractivity contribution in [2.45, 2.75) is 61.3 Å². The van der Waals surface area contributed by atoms with Gasteiger partial charge < -0.3 is 61.0 Å². The van der Waals surface area contributed by atoms with Crippen LogP contribution in [0.2, 0.25) is 0 Å². The largest absolute Gasteiger partial charge is 0.394 e. The highest BCUT2D eigenvalue weighted by atomic mass is 16.6. The normalized spacial score (nSPS) is 44.8. The van der Waals surface area contributed by atoms with Crippen molar-refractivity contribution in [3.8, 4) is 0 Å². The van der Waals surface area contributed by atoms with Gasteiger partial charge in [0.15, 0.2) is 0 Å². The molecule has 14 nitrogen and oxygen atoms in total. The molecular weight excluding hydrogens is 456 g/mol. The van der Waals surface area contributed by atoms with Crippen LogP contribution in [0.3, 0.4) is 0 Å². The topological polar surface area (TPSA) is 211 Å². The number of aliphatic hydroxyl groups is 8. The molecule has 0 amide bonds. The van der Waals surface area contributed by atoms with Crippen LogP contribution in [0, 0.1) is 0 Å². The van der Waals surface area contributed by atoms with Crippen molar-refractivity contribution in [3.63, 3.8) is 0 Å². The van der Waals surface area contributed by atoms with Crippen molar-refractivity contribution in [1.82, 2.24) is 20.4 Å². The zero-order valence-corrected chi connectivity index (χ0v) is 19.1. The van der Waals surface area contributed by atoms with Gasteiger partial charge >= 0.3 is 0 Å². The van der Waals surface area contributed by atoms with Crippen LogP contribution in [0.5, 0.6) is 0 Å². The molecule has 0 saturated carbocycles. The maximum absolute atomic E-state index is 10.4. The number of rotatable bonds is 4. The van der Waals surface area contributed by atoms with Gasteiger partial charge in [-0.1, -0.05) is 0 Å². The standard InChI is InChI=1S/C20H40N4O10/c25-9-11-13(27)15(29)17(31)19(33-11)23-5-1-21-2-6-24(8-4-22-3-7-23)20-18(32)16(30)14(28)12(10-26)34-20/h11-22,25-32H,1-10H2/t11?,12?,13-,14-,15+,16+,17?,18?,19-,20-/m1/s1. The van der Waals surface area contributed by atoms with Crippen molar-refractivity contribution in [1.29, 1.82) is 0 Å². The Morgan fingerprint density at radius 2 is 0.853 bits per heavy atom. The van der Waals surface area contributed by atoms with Crippen molar-refractivity contribution in [2.75, 3.05) is 65.6 Å². The van der Waals surface area contributed by atoms with Gasteiger partial charge in [0.2, 0.25) is 0 Å². The average Bonchev–Trinajstić information content (AvgIpc) is 2.83. The van der Waals surface area contributed by atoms with Gasteiger partial charge in [0.05, 0.1) is 13.2 Å². The fraction of sp³-hybridized carbons (Fsp3) is 1.00. The molecular formula is C20H40N4O10. The predicted molar refractivity (Wildman–Crippen MR) is 116 cm³/mol. The van der Waals surface area contributed by atoms with E-state index in [0.29, 0.717) is 52.4 Å². The number of nitrogens with one attached hydrogen (secondary N) is 2. The summed E-state index contributed by atoms with van der Waals surface area (Å²) in [5, 5.41) is 86.6. The minimum Gasteiger partial charge on any atom is -0.394 e. The number of ether oxygens (including phenoxy) is 2. The molecule has 0 radical (unpaired) electrons. The van der Waals surface area contributed by atoms with Gasteiger partial charge in [-0.25, -0.2) is 0 Å². The third kappa shape index (κ3) is 6.41. The molecule has 3 rings (SSSR count). The summed E-state index contributed by atoms with van der Waals surface area (Å²) >= 11 is 0. The summed E-state index contributed by atoms with van der Waals surface area (Å²) in [7, 11) is 0. The van der Waals surface area contributed by atoms with Crippen molar-refractivity contribution in [2.24, 2.45) is 0 Å². The molecule has 34 heavy (non-hydrogen) atoms. The summed E-state index contributed by atoms with van der Waals surface area (Å²) in [5.74, 6) is 0. The van der Waals surface area contributed by atoms with Gasteiger partial charge in [0.25, 0.3) is 0 Å². The smallest absolute Gasteiger partial charge is 0.140 e. The molecule has 3 aliphatic rings. The minimum absolute atomic E-state index is 0.449. The molecule has 4 unspecified atom stereocenters. The molecule has 0 aromatic carbocycles. The summed E-state index contributed by atoms with van der Waals surface area (Å²) in [5.41, 5.74) is 0. The quantitative estimate of drug-likeness (QED) is 0.175. The van der Waals surface area contributed by atoms with Gasteiger partial charge in [0, 0.05) is 52.4 Å². The molecule has 3 aliphatic heterocycles. The first kappa shape index (κ1) is 28.0. The molecule has 0 bridgehead atoms. The summed E-state index contributed by atoms with van der Waals surface area (Å²) in [6.07, 6.45) is -12.1. The summed E-state index contributed by atoms with van der Waals surface area (Å²) in [6.45, 7) is 2.81. The SMILES string of the molecule is OCC1O[C@@H](N2CCNCCN([C@@H]3OC(CO)[C@@H](O)[C@H](O)C3O)CCNCC2)C(O)[C@@H](O)[C@@H]1O. The van der Waals surface area contributed by atoms with E-state index >= 15 is 0 Å². The van der Waals surface area contributed by atoms with E-state index in [2.05, 4.69) is 10.6 Å². The Balaban J connectivity index is 1.58. The summed E-state index contributed by atoms with van der Waals surface area (Å²) in [6, 6.07) is 0. The molecule has 10 atom stereocenters. The van der Waals surface area contributed by atoms with Crippen LogP contribution in [0.25, 0.3) is 0 Å². The molecule has 200 valence electrons. The molecule has 14 heteroatoms. The lowest BCUT2D eigenvalue weighted by Crippen LogP contribution is -2.65. The Labute approximate surface area is 198 Å². The van der Waals surface area contributed by atoms with Gasteiger partial charge in [-0.05, 0) is 0 Å². The Bertz CT molecular complexity index is 544. The Hall–Kier alpha value is -0.560. The van der Waals surface area contributed by atoms with Crippen LogP contribution < -0.4 is 10.6 Å². The molecule has 10 N–H and O–H groups in total. The zero-order valence-electron chi connectivity index (χ0n) is 19.1. The highest BCUT2D eigenvalue weighted by Gasteiger charge is 2.46. The maximum atomic E-state index is 10.4. The molecule has 0 aromatic rings. The van der Waals surface area contributed by atoms with Crippen molar-refractivity contribution >= 4 is 0 Å². The van der Waals surface area contributed by atoms with Crippen LogP contribution in [-0.2, 0) is 9.47 Å². The molecule has 3 heterocycles. The highest BCUT2D eigenvalue weighted by molar-refractivity contribution is 4.93. The van der Waals surface area contributed by atoms with Crippen LogP contribution in [0.15, 0.2) is 0 Å². The van der Waals surface area contributed by atoms with Crippen molar-refractivity contribution in [3.05, 3.63) is 0 Å². The van der Waals surface area contributed by atoms with E-state index in [1.807, 2.05) is 9.80 Å². The second-order valence-corrected chi connectivity index (χ2v) is 9.01. The number of hydrogen-bond donors (Lipinski definition) is 10. The van der Waals surface area contributed by atoms with Crippen LogP contribution in [-0.4, -0.2) is 178 Å². The van der Waals surface area contributed by atoms with E-state index in [1.54, 1.807) is 0 Å².